The molecule has 0 aliphatic carbocycles. The van der Waals surface area contributed by atoms with E-state index in [4.69, 9.17) is 16.6 Å². The molecule has 0 saturated carbocycles. The van der Waals surface area contributed by atoms with Gasteiger partial charge in [-0.3, -0.25) is 4.79 Å². The van der Waals surface area contributed by atoms with Crippen LogP contribution in [-0.2, 0) is 24.2 Å². The van der Waals surface area contributed by atoms with Crippen molar-refractivity contribution in [2.75, 3.05) is 6.54 Å². The number of halogens is 1. The number of benzene rings is 3. The van der Waals surface area contributed by atoms with Crippen molar-refractivity contribution in [3.63, 3.8) is 0 Å². The van der Waals surface area contributed by atoms with Crippen molar-refractivity contribution in [1.29, 1.82) is 0 Å². The van der Waals surface area contributed by atoms with E-state index in [-0.39, 0.29) is 12.3 Å². The van der Waals surface area contributed by atoms with Crippen LogP contribution in [0.4, 0.5) is 0 Å². The number of nitrogens with one attached hydrogen (secondary N) is 1. The standard InChI is InChI=1S/C24H22ClN3O/c25-20-11-5-4-10-19(20)16-24(29)26-15-14-23-27-21-12-6-7-13-22(21)28(23)17-18-8-2-1-3-9-18/h1-13H,14-17H2,(H,26,29). The normalized spacial score (nSPS) is 10.9. The van der Waals surface area contributed by atoms with Gasteiger partial charge >= 0.3 is 0 Å². The third kappa shape index (κ3) is 4.66. The molecule has 1 aromatic heterocycles. The Bertz CT molecular complexity index is 1120. The third-order valence-electron chi connectivity index (χ3n) is 4.90. The van der Waals surface area contributed by atoms with Crippen molar-refractivity contribution in [3.05, 3.63) is 101 Å². The van der Waals surface area contributed by atoms with Gasteiger partial charge < -0.3 is 9.88 Å². The van der Waals surface area contributed by atoms with Crippen molar-refractivity contribution >= 4 is 28.5 Å². The summed E-state index contributed by atoms with van der Waals surface area (Å²) in [7, 11) is 0. The minimum Gasteiger partial charge on any atom is -0.355 e. The number of hydrogen-bond donors (Lipinski definition) is 1. The summed E-state index contributed by atoms with van der Waals surface area (Å²) in [6.45, 7) is 1.28. The SMILES string of the molecule is O=C(Cc1ccccc1Cl)NCCc1nc2ccccc2n1Cc1ccccc1. The number of hydrogen-bond acceptors (Lipinski definition) is 2. The predicted octanol–water partition coefficient (Wildman–Crippen LogP) is 4.64. The molecule has 0 unspecified atom stereocenters. The Kier molecular flexibility index (Phi) is 5.92. The minimum absolute atomic E-state index is 0.0381. The largest absolute Gasteiger partial charge is 0.355 e. The molecule has 0 atom stereocenters. The van der Waals surface area contributed by atoms with Crippen LogP contribution in [0.5, 0.6) is 0 Å². The van der Waals surface area contributed by atoms with Crippen LogP contribution in [0.3, 0.4) is 0 Å². The van der Waals surface area contributed by atoms with Gasteiger partial charge in [0, 0.05) is 24.5 Å². The molecule has 146 valence electrons. The molecule has 5 heteroatoms. The molecular formula is C24H22ClN3O. The molecule has 1 amide bonds. The Labute approximate surface area is 175 Å². The number of fused-ring (bicyclic) bond motifs is 1. The lowest BCUT2D eigenvalue weighted by Gasteiger charge is -2.10. The maximum atomic E-state index is 12.3. The van der Waals surface area contributed by atoms with Crippen molar-refractivity contribution < 1.29 is 4.79 Å². The van der Waals surface area contributed by atoms with Crippen LogP contribution >= 0.6 is 11.6 Å². The highest BCUT2D eigenvalue weighted by Gasteiger charge is 2.12. The Morgan fingerprint density at radius 3 is 2.48 bits per heavy atom. The number of para-hydroxylation sites is 2. The zero-order valence-electron chi connectivity index (χ0n) is 16.0. The molecular weight excluding hydrogens is 382 g/mol. The van der Waals surface area contributed by atoms with Crippen LogP contribution in [0.25, 0.3) is 11.0 Å². The summed E-state index contributed by atoms with van der Waals surface area (Å²) in [5.41, 5.74) is 4.14. The highest BCUT2D eigenvalue weighted by atomic mass is 35.5. The Hall–Kier alpha value is -3.11. The summed E-state index contributed by atoms with van der Waals surface area (Å²) in [5.74, 6) is 0.928. The van der Waals surface area contributed by atoms with Crippen molar-refractivity contribution in [1.82, 2.24) is 14.9 Å². The van der Waals surface area contributed by atoms with Gasteiger partial charge in [0.1, 0.15) is 5.82 Å². The number of rotatable bonds is 7. The van der Waals surface area contributed by atoms with E-state index >= 15 is 0 Å². The molecule has 0 aliphatic heterocycles. The monoisotopic (exact) mass is 403 g/mol. The summed E-state index contributed by atoms with van der Waals surface area (Å²) < 4.78 is 2.23. The molecule has 3 aromatic carbocycles. The van der Waals surface area contributed by atoms with Gasteiger partial charge in [0.2, 0.25) is 5.91 Å². The maximum absolute atomic E-state index is 12.3. The molecule has 1 heterocycles. The Balaban J connectivity index is 1.45. The molecule has 4 rings (SSSR count). The molecule has 0 aliphatic rings. The second-order valence-corrected chi connectivity index (χ2v) is 7.36. The fourth-order valence-electron chi connectivity index (χ4n) is 3.45. The first kappa shape index (κ1) is 19.2. The summed E-state index contributed by atoms with van der Waals surface area (Å²) in [4.78, 5) is 17.1. The molecule has 4 aromatic rings. The first-order chi connectivity index (χ1) is 14.2. The number of carbonyl (C=O) groups is 1. The summed E-state index contributed by atoms with van der Waals surface area (Å²) in [5, 5.41) is 3.61. The van der Waals surface area contributed by atoms with Crippen LogP contribution in [0.2, 0.25) is 5.02 Å². The minimum atomic E-state index is -0.0381. The second kappa shape index (κ2) is 8.93. The summed E-state index contributed by atoms with van der Waals surface area (Å²) in [6.07, 6.45) is 0.940. The van der Waals surface area contributed by atoms with Crippen LogP contribution in [0.15, 0.2) is 78.9 Å². The highest BCUT2D eigenvalue weighted by Crippen LogP contribution is 2.18. The van der Waals surface area contributed by atoms with E-state index in [1.165, 1.54) is 5.56 Å². The molecule has 4 nitrogen and oxygen atoms in total. The average Bonchev–Trinajstić information content (AvgIpc) is 3.08. The zero-order chi connectivity index (χ0) is 20.1. The van der Waals surface area contributed by atoms with Crippen molar-refractivity contribution in [2.45, 2.75) is 19.4 Å². The van der Waals surface area contributed by atoms with Crippen molar-refractivity contribution in [3.8, 4) is 0 Å². The Morgan fingerprint density at radius 2 is 1.66 bits per heavy atom. The van der Waals surface area contributed by atoms with Crippen LogP contribution in [0, 0.1) is 0 Å². The van der Waals surface area contributed by atoms with E-state index in [2.05, 4.69) is 28.1 Å². The molecule has 29 heavy (non-hydrogen) atoms. The molecule has 1 N–H and O–H groups in total. The maximum Gasteiger partial charge on any atom is 0.224 e. The topological polar surface area (TPSA) is 46.9 Å². The van der Waals surface area contributed by atoms with E-state index in [9.17, 15) is 4.79 Å². The van der Waals surface area contributed by atoms with E-state index in [0.717, 1.165) is 29.0 Å². The van der Waals surface area contributed by atoms with Gasteiger partial charge in [-0.25, -0.2) is 4.98 Å². The van der Waals surface area contributed by atoms with Gasteiger partial charge in [0.25, 0.3) is 0 Å². The summed E-state index contributed by atoms with van der Waals surface area (Å²) >= 11 is 6.15. The molecule has 0 radical (unpaired) electrons. The van der Waals surface area contributed by atoms with Crippen LogP contribution in [-0.4, -0.2) is 22.0 Å². The molecule has 0 spiro atoms. The van der Waals surface area contributed by atoms with E-state index in [0.29, 0.717) is 18.0 Å². The van der Waals surface area contributed by atoms with Crippen LogP contribution < -0.4 is 5.32 Å². The van der Waals surface area contributed by atoms with Gasteiger partial charge in [0.15, 0.2) is 0 Å². The molecule has 0 bridgehead atoms. The predicted molar refractivity (Wildman–Crippen MR) is 117 cm³/mol. The molecule has 0 saturated heterocycles. The quantitative estimate of drug-likeness (QED) is 0.488. The molecule has 0 fully saturated rings. The van der Waals surface area contributed by atoms with Gasteiger partial charge in [-0.15, -0.1) is 0 Å². The van der Waals surface area contributed by atoms with E-state index in [1.807, 2.05) is 54.6 Å². The number of nitrogens with zero attached hydrogens (tertiary/aromatic N) is 2. The lowest BCUT2D eigenvalue weighted by molar-refractivity contribution is -0.120. The third-order valence-corrected chi connectivity index (χ3v) is 5.27. The van der Waals surface area contributed by atoms with Crippen LogP contribution in [0.1, 0.15) is 17.0 Å². The number of amides is 1. The number of carbonyl (C=O) groups excluding carboxylic acids is 1. The average molecular weight is 404 g/mol. The summed E-state index contributed by atoms with van der Waals surface area (Å²) in [6, 6.07) is 25.9. The number of imidazole rings is 1. The van der Waals surface area contributed by atoms with E-state index in [1.54, 1.807) is 6.07 Å². The van der Waals surface area contributed by atoms with Crippen molar-refractivity contribution in [2.24, 2.45) is 0 Å². The lowest BCUT2D eigenvalue weighted by Crippen LogP contribution is -2.28. The fourth-order valence-corrected chi connectivity index (χ4v) is 3.65. The number of aromatic nitrogens is 2. The first-order valence-electron chi connectivity index (χ1n) is 9.69. The van der Waals surface area contributed by atoms with Gasteiger partial charge in [0.05, 0.1) is 17.5 Å². The first-order valence-corrected chi connectivity index (χ1v) is 10.1. The van der Waals surface area contributed by atoms with Gasteiger partial charge in [-0.2, -0.15) is 0 Å². The zero-order valence-corrected chi connectivity index (χ0v) is 16.8. The van der Waals surface area contributed by atoms with E-state index < -0.39 is 0 Å². The van der Waals surface area contributed by atoms with Gasteiger partial charge in [-0.05, 0) is 29.3 Å². The highest BCUT2D eigenvalue weighted by molar-refractivity contribution is 6.31. The van der Waals surface area contributed by atoms with Gasteiger partial charge in [-0.1, -0.05) is 72.3 Å². The fraction of sp³-hybridized carbons (Fsp3) is 0.167. The lowest BCUT2D eigenvalue weighted by atomic mass is 10.1. The second-order valence-electron chi connectivity index (χ2n) is 6.96. The Morgan fingerprint density at radius 1 is 0.931 bits per heavy atom. The smallest absolute Gasteiger partial charge is 0.224 e.